The van der Waals surface area contributed by atoms with E-state index >= 15 is 0 Å². The van der Waals surface area contributed by atoms with Gasteiger partial charge in [-0.1, -0.05) is 32.9 Å². The number of hydrogen-bond donors (Lipinski definition) is 2. The van der Waals surface area contributed by atoms with Gasteiger partial charge in [-0.3, -0.25) is 9.59 Å². The van der Waals surface area contributed by atoms with Gasteiger partial charge in [-0.15, -0.1) is 0 Å². The molecule has 0 saturated carbocycles. The molecule has 1 aliphatic rings. The van der Waals surface area contributed by atoms with Gasteiger partial charge < -0.3 is 15.5 Å². The Bertz CT molecular complexity index is 592. The molecule has 1 aliphatic heterocycles. The van der Waals surface area contributed by atoms with E-state index in [4.69, 9.17) is 0 Å². The Balaban J connectivity index is 2.01. The van der Waals surface area contributed by atoms with Gasteiger partial charge in [0, 0.05) is 36.8 Å². The van der Waals surface area contributed by atoms with Crippen molar-refractivity contribution in [1.29, 1.82) is 0 Å². The van der Waals surface area contributed by atoms with Crippen LogP contribution in [0.15, 0.2) is 24.3 Å². The van der Waals surface area contributed by atoms with Crippen LogP contribution in [0.2, 0.25) is 0 Å². The fraction of sp³-hybridized carbons (Fsp3) is 0.600. The number of piperidine rings is 1. The first-order valence-corrected chi connectivity index (χ1v) is 9.37. The van der Waals surface area contributed by atoms with Crippen molar-refractivity contribution in [2.24, 2.45) is 5.92 Å². The molecule has 1 fully saturated rings. The third-order valence-corrected chi connectivity index (χ3v) is 4.84. The number of rotatable bonds is 6. The van der Waals surface area contributed by atoms with Gasteiger partial charge in [0.25, 0.3) is 5.91 Å². The zero-order valence-corrected chi connectivity index (χ0v) is 15.8. The van der Waals surface area contributed by atoms with E-state index in [9.17, 15) is 9.59 Å². The minimum Gasteiger partial charge on any atom is -0.371 e. The van der Waals surface area contributed by atoms with Gasteiger partial charge in [-0.2, -0.15) is 0 Å². The first-order chi connectivity index (χ1) is 11.9. The van der Waals surface area contributed by atoms with Gasteiger partial charge >= 0.3 is 0 Å². The van der Waals surface area contributed by atoms with Gasteiger partial charge in [0.05, 0.1) is 5.56 Å². The standard InChI is InChI=1S/C20H31N3O2/c1-5-15(4)21-20(25)17-8-6-7-9-18(17)23-12-10-16(11-13-23)22-19(24)14(2)3/h6-9,14-16H,5,10-13H2,1-4H3,(H,21,25)(H,22,24). The van der Waals surface area contributed by atoms with E-state index in [1.807, 2.05) is 45.0 Å². The molecule has 5 nitrogen and oxygen atoms in total. The maximum atomic E-state index is 12.6. The van der Waals surface area contributed by atoms with E-state index in [1.54, 1.807) is 0 Å². The van der Waals surface area contributed by atoms with Crippen LogP contribution in [0.5, 0.6) is 0 Å². The molecule has 1 aromatic carbocycles. The highest BCUT2D eigenvalue weighted by atomic mass is 16.2. The van der Waals surface area contributed by atoms with Gasteiger partial charge in [-0.25, -0.2) is 0 Å². The Morgan fingerprint density at radius 1 is 1.16 bits per heavy atom. The highest BCUT2D eigenvalue weighted by Gasteiger charge is 2.24. The zero-order valence-electron chi connectivity index (χ0n) is 15.8. The molecular weight excluding hydrogens is 314 g/mol. The van der Waals surface area contributed by atoms with Crippen LogP contribution in [0.1, 0.15) is 57.3 Å². The summed E-state index contributed by atoms with van der Waals surface area (Å²) in [4.78, 5) is 26.7. The van der Waals surface area contributed by atoms with Crippen LogP contribution in [0.25, 0.3) is 0 Å². The Kier molecular flexibility index (Phi) is 6.85. The molecule has 0 radical (unpaired) electrons. The van der Waals surface area contributed by atoms with Crippen molar-refractivity contribution < 1.29 is 9.59 Å². The van der Waals surface area contributed by atoms with Crippen molar-refractivity contribution in [3.63, 3.8) is 0 Å². The summed E-state index contributed by atoms with van der Waals surface area (Å²) in [7, 11) is 0. The molecule has 2 rings (SSSR count). The second-order valence-electron chi connectivity index (χ2n) is 7.22. The van der Waals surface area contributed by atoms with Crippen LogP contribution in [0, 0.1) is 5.92 Å². The minimum absolute atomic E-state index is 0.0137. The summed E-state index contributed by atoms with van der Waals surface area (Å²) in [6.07, 6.45) is 2.72. The lowest BCUT2D eigenvalue weighted by Gasteiger charge is -2.35. The van der Waals surface area contributed by atoms with E-state index in [2.05, 4.69) is 22.5 Å². The third-order valence-electron chi connectivity index (χ3n) is 4.84. The Morgan fingerprint density at radius 2 is 1.80 bits per heavy atom. The molecular formula is C20H31N3O2. The van der Waals surface area contributed by atoms with E-state index in [-0.39, 0.29) is 29.8 Å². The van der Waals surface area contributed by atoms with Gasteiger partial charge in [-0.05, 0) is 38.3 Å². The lowest BCUT2D eigenvalue weighted by molar-refractivity contribution is -0.124. The van der Waals surface area contributed by atoms with Crippen LogP contribution < -0.4 is 15.5 Å². The second kappa shape index (κ2) is 8.88. The third kappa shape index (κ3) is 5.21. The summed E-state index contributed by atoms with van der Waals surface area (Å²) >= 11 is 0. The van der Waals surface area contributed by atoms with Crippen molar-refractivity contribution in [2.75, 3.05) is 18.0 Å². The molecule has 2 N–H and O–H groups in total. The van der Waals surface area contributed by atoms with Gasteiger partial charge in [0.2, 0.25) is 5.91 Å². The Morgan fingerprint density at radius 3 is 2.40 bits per heavy atom. The number of nitrogens with one attached hydrogen (secondary N) is 2. The van der Waals surface area contributed by atoms with Crippen molar-refractivity contribution in [2.45, 2.75) is 59.0 Å². The number of amides is 2. The summed E-state index contributed by atoms with van der Waals surface area (Å²) in [6, 6.07) is 8.18. The smallest absolute Gasteiger partial charge is 0.253 e. The van der Waals surface area contributed by atoms with Gasteiger partial charge in [0.1, 0.15) is 0 Å². The van der Waals surface area contributed by atoms with E-state index in [1.165, 1.54) is 0 Å². The minimum atomic E-state index is -0.0137. The van der Waals surface area contributed by atoms with Crippen molar-refractivity contribution in [3.8, 4) is 0 Å². The predicted octanol–water partition coefficient (Wildman–Crippen LogP) is 2.96. The van der Waals surface area contributed by atoms with E-state index in [0.29, 0.717) is 0 Å². The number of benzene rings is 1. The fourth-order valence-corrected chi connectivity index (χ4v) is 2.98. The molecule has 1 aromatic rings. The number of carbonyl (C=O) groups is 2. The normalized spacial score (nSPS) is 16.6. The van der Waals surface area contributed by atoms with E-state index in [0.717, 1.165) is 43.6 Å². The number of anilines is 1. The zero-order chi connectivity index (χ0) is 18.4. The van der Waals surface area contributed by atoms with E-state index < -0.39 is 0 Å². The first kappa shape index (κ1) is 19.3. The number of para-hydroxylation sites is 1. The maximum Gasteiger partial charge on any atom is 0.253 e. The molecule has 0 spiro atoms. The topological polar surface area (TPSA) is 61.4 Å². The molecule has 1 atom stereocenters. The average Bonchev–Trinajstić information content (AvgIpc) is 2.62. The quantitative estimate of drug-likeness (QED) is 0.833. The van der Waals surface area contributed by atoms with Crippen molar-refractivity contribution >= 4 is 17.5 Å². The van der Waals surface area contributed by atoms with Crippen LogP contribution in [0.4, 0.5) is 5.69 Å². The second-order valence-corrected chi connectivity index (χ2v) is 7.22. The number of carbonyl (C=O) groups excluding carboxylic acids is 2. The number of hydrogen-bond acceptors (Lipinski definition) is 3. The summed E-state index contributed by atoms with van der Waals surface area (Å²) in [5.41, 5.74) is 1.71. The lowest BCUT2D eigenvalue weighted by Crippen LogP contribution is -2.46. The van der Waals surface area contributed by atoms with Gasteiger partial charge in [0.15, 0.2) is 0 Å². The highest BCUT2D eigenvalue weighted by molar-refractivity contribution is 6.00. The Labute approximate surface area is 151 Å². The SMILES string of the molecule is CCC(C)NC(=O)c1ccccc1N1CCC(NC(=O)C(C)C)CC1. The molecule has 25 heavy (non-hydrogen) atoms. The largest absolute Gasteiger partial charge is 0.371 e. The maximum absolute atomic E-state index is 12.6. The summed E-state index contributed by atoms with van der Waals surface area (Å²) in [5, 5.41) is 6.17. The molecule has 138 valence electrons. The average molecular weight is 345 g/mol. The predicted molar refractivity (Wildman–Crippen MR) is 102 cm³/mol. The van der Waals surface area contributed by atoms with Crippen LogP contribution >= 0.6 is 0 Å². The summed E-state index contributed by atoms with van der Waals surface area (Å²) in [6.45, 7) is 9.59. The lowest BCUT2D eigenvalue weighted by atomic mass is 10.0. The molecule has 1 heterocycles. The monoisotopic (exact) mass is 345 g/mol. The molecule has 0 aliphatic carbocycles. The molecule has 1 unspecified atom stereocenters. The Hall–Kier alpha value is -2.04. The highest BCUT2D eigenvalue weighted by Crippen LogP contribution is 2.24. The van der Waals surface area contributed by atoms with Crippen LogP contribution in [-0.2, 0) is 4.79 Å². The molecule has 1 saturated heterocycles. The van der Waals surface area contributed by atoms with Crippen molar-refractivity contribution in [3.05, 3.63) is 29.8 Å². The first-order valence-electron chi connectivity index (χ1n) is 9.37. The number of nitrogens with zero attached hydrogens (tertiary/aromatic N) is 1. The molecule has 0 aromatic heterocycles. The molecule has 5 heteroatoms. The van der Waals surface area contributed by atoms with Crippen LogP contribution in [0.3, 0.4) is 0 Å². The fourth-order valence-electron chi connectivity index (χ4n) is 2.98. The molecule has 0 bridgehead atoms. The summed E-state index contributed by atoms with van der Waals surface area (Å²) in [5.74, 6) is 0.120. The molecule has 2 amide bonds. The summed E-state index contributed by atoms with van der Waals surface area (Å²) < 4.78 is 0. The van der Waals surface area contributed by atoms with Crippen molar-refractivity contribution in [1.82, 2.24) is 10.6 Å². The van der Waals surface area contributed by atoms with Crippen LogP contribution in [-0.4, -0.2) is 37.0 Å².